The first-order chi connectivity index (χ1) is 13.4. The smallest absolute Gasteiger partial charge is 0.229 e. The predicted octanol–water partition coefficient (Wildman–Crippen LogP) is 3.31. The van der Waals surface area contributed by atoms with E-state index in [1.807, 2.05) is 42.5 Å². The van der Waals surface area contributed by atoms with E-state index in [2.05, 4.69) is 14.7 Å². The Kier molecular flexibility index (Phi) is 4.40. The molecule has 4 aromatic rings. The third-order valence-corrected chi connectivity index (χ3v) is 4.70. The summed E-state index contributed by atoms with van der Waals surface area (Å²) in [5, 5.41) is 0. The van der Waals surface area contributed by atoms with Crippen LogP contribution in [0.2, 0.25) is 0 Å². The quantitative estimate of drug-likeness (QED) is 0.552. The van der Waals surface area contributed by atoms with Gasteiger partial charge in [0.15, 0.2) is 0 Å². The minimum absolute atomic E-state index is 0.167. The average molecular weight is 391 g/mol. The van der Waals surface area contributed by atoms with Gasteiger partial charge in [-0.2, -0.15) is 0 Å². The molecule has 4 rings (SSSR count). The van der Waals surface area contributed by atoms with Crippen LogP contribution in [0.4, 0.5) is 11.6 Å². The first-order valence-electron chi connectivity index (χ1n) is 8.47. The third-order valence-electron chi connectivity index (χ3n) is 4.11. The highest BCUT2D eigenvalue weighted by atomic mass is 32.2. The van der Waals surface area contributed by atoms with Crippen molar-refractivity contribution >= 4 is 32.7 Å². The van der Waals surface area contributed by atoms with Crippen LogP contribution in [0.15, 0.2) is 66.7 Å². The molecule has 2 aromatic carbocycles. The SMILES string of the molecule is CS(=O)(=O)Nc1ccccc1-c1ccc2nc(N)nc(-c3ccccc3)c2n1. The van der Waals surface area contributed by atoms with E-state index in [-0.39, 0.29) is 5.95 Å². The van der Waals surface area contributed by atoms with Gasteiger partial charge in [0.2, 0.25) is 16.0 Å². The number of pyridine rings is 1. The fourth-order valence-corrected chi connectivity index (χ4v) is 3.55. The van der Waals surface area contributed by atoms with Crippen LogP contribution in [0.25, 0.3) is 33.5 Å². The maximum Gasteiger partial charge on any atom is 0.229 e. The molecule has 0 unspecified atom stereocenters. The highest BCUT2D eigenvalue weighted by Gasteiger charge is 2.14. The largest absolute Gasteiger partial charge is 0.368 e. The Bertz CT molecular complexity index is 1270. The van der Waals surface area contributed by atoms with Gasteiger partial charge in [0, 0.05) is 11.1 Å². The van der Waals surface area contributed by atoms with Gasteiger partial charge in [-0.15, -0.1) is 0 Å². The fraction of sp³-hybridized carbons (Fsp3) is 0.0500. The number of fused-ring (bicyclic) bond motifs is 1. The zero-order valence-electron chi connectivity index (χ0n) is 15.0. The Balaban J connectivity index is 1.93. The molecule has 140 valence electrons. The van der Waals surface area contributed by atoms with Crippen molar-refractivity contribution in [3.63, 3.8) is 0 Å². The van der Waals surface area contributed by atoms with E-state index >= 15 is 0 Å². The molecular formula is C20H17N5O2S. The topological polar surface area (TPSA) is 111 Å². The second-order valence-electron chi connectivity index (χ2n) is 6.28. The van der Waals surface area contributed by atoms with Crippen molar-refractivity contribution in [1.82, 2.24) is 15.0 Å². The highest BCUT2D eigenvalue weighted by Crippen LogP contribution is 2.31. The number of nitrogen functional groups attached to an aromatic ring is 1. The van der Waals surface area contributed by atoms with E-state index < -0.39 is 10.0 Å². The summed E-state index contributed by atoms with van der Waals surface area (Å²) >= 11 is 0. The number of para-hydroxylation sites is 1. The summed E-state index contributed by atoms with van der Waals surface area (Å²) in [6, 6.07) is 20.3. The normalized spacial score (nSPS) is 11.5. The number of nitrogens with zero attached hydrogens (tertiary/aromatic N) is 3. The molecule has 0 aliphatic heterocycles. The molecule has 2 heterocycles. The van der Waals surface area contributed by atoms with Crippen molar-refractivity contribution in [2.24, 2.45) is 0 Å². The first kappa shape index (κ1) is 17.9. The lowest BCUT2D eigenvalue weighted by Crippen LogP contribution is -2.10. The van der Waals surface area contributed by atoms with Gasteiger partial charge >= 0.3 is 0 Å². The average Bonchev–Trinajstić information content (AvgIpc) is 2.67. The fourth-order valence-electron chi connectivity index (χ4n) is 2.97. The van der Waals surface area contributed by atoms with Crippen molar-refractivity contribution in [2.75, 3.05) is 16.7 Å². The van der Waals surface area contributed by atoms with Crippen LogP contribution >= 0.6 is 0 Å². The van der Waals surface area contributed by atoms with Gasteiger partial charge < -0.3 is 5.73 Å². The van der Waals surface area contributed by atoms with Crippen LogP contribution in [0.1, 0.15) is 0 Å². The van der Waals surface area contributed by atoms with Crippen molar-refractivity contribution in [2.45, 2.75) is 0 Å². The number of hydrogen-bond acceptors (Lipinski definition) is 6. The summed E-state index contributed by atoms with van der Waals surface area (Å²) in [7, 11) is -3.43. The molecule has 0 amide bonds. The number of benzene rings is 2. The van der Waals surface area contributed by atoms with Gasteiger partial charge in [-0.1, -0.05) is 48.5 Å². The second-order valence-corrected chi connectivity index (χ2v) is 8.03. The van der Waals surface area contributed by atoms with Crippen LogP contribution in [0.3, 0.4) is 0 Å². The van der Waals surface area contributed by atoms with Gasteiger partial charge in [0.25, 0.3) is 0 Å². The second kappa shape index (κ2) is 6.90. The minimum atomic E-state index is -3.43. The number of sulfonamides is 1. The molecule has 0 bridgehead atoms. The van der Waals surface area contributed by atoms with Gasteiger partial charge in [-0.3, -0.25) is 4.72 Å². The number of anilines is 2. The minimum Gasteiger partial charge on any atom is -0.368 e. The van der Waals surface area contributed by atoms with E-state index in [0.717, 1.165) is 11.8 Å². The van der Waals surface area contributed by atoms with Gasteiger partial charge in [0.05, 0.1) is 23.2 Å². The highest BCUT2D eigenvalue weighted by molar-refractivity contribution is 7.92. The molecule has 0 atom stereocenters. The number of hydrogen-bond donors (Lipinski definition) is 2. The maximum absolute atomic E-state index is 11.7. The monoisotopic (exact) mass is 391 g/mol. The van der Waals surface area contributed by atoms with Crippen molar-refractivity contribution in [3.05, 3.63) is 66.7 Å². The molecule has 0 aliphatic carbocycles. The summed E-state index contributed by atoms with van der Waals surface area (Å²) in [4.78, 5) is 13.4. The maximum atomic E-state index is 11.7. The number of nitrogens with one attached hydrogen (secondary N) is 1. The lowest BCUT2D eigenvalue weighted by Gasteiger charge is -2.12. The van der Waals surface area contributed by atoms with Crippen LogP contribution in [-0.2, 0) is 10.0 Å². The Morgan fingerprint density at radius 1 is 0.857 bits per heavy atom. The predicted molar refractivity (Wildman–Crippen MR) is 111 cm³/mol. The molecule has 0 spiro atoms. The van der Waals surface area contributed by atoms with Gasteiger partial charge in [-0.05, 0) is 18.2 Å². The standard InChI is InChI=1S/C20H17N5O2S/c1-28(26,27)25-16-10-6-5-9-14(16)15-11-12-17-19(22-15)18(24-20(21)23-17)13-7-3-2-4-8-13/h2-12,25H,1H3,(H2,21,23,24). The Labute approximate surface area is 162 Å². The molecule has 28 heavy (non-hydrogen) atoms. The lowest BCUT2D eigenvalue weighted by atomic mass is 10.1. The third kappa shape index (κ3) is 3.63. The Morgan fingerprint density at radius 2 is 1.57 bits per heavy atom. The molecule has 0 saturated carbocycles. The van der Waals surface area contributed by atoms with E-state index in [1.54, 1.807) is 24.3 Å². The van der Waals surface area contributed by atoms with Crippen LogP contribution in [0, 0.1) is 0 Å². The number of nitrogens with two attached hydrogens (primary N) is 1. The van der Waals surface area contributed by atoms with Crippen molar-refractivity contribution in [3.8, 4) is 22.5 Å². The van der Waals surface area contributed by atoms with Crippen molar-refractivity contribution < 1.29 is 8.42 Å². The van der Waals surface area contributed by atoms with E-state index in [1.165, 1.54) is 0 Å². The van der Waals surface area contributed by atoms with E-state index in [0.29, 0.717) is 33.7 Å². The Hall–Kier alpha value is -3.52. The zero-order valence-corrected chi connectivity index (χ0v) is 15.8. The van der Waals surface area contributed by atoms with Gasteiger partial charge in [0.1, 0.15) is 11.2 Å². The molecule has 0 fully saturated rings. The summed E-state index contributed by atoms with van der Waals surface area (Å²) < 4.78 is 25.9. The number of rotatable bonds is 4. The van der Waals surface area contributed by atoms with Crippen molar-refractivity contribution in [1.29, 1.82) is 0 Å². The summed E-state index contributed by atoms with van der Waals surface area (Å²) in [5.41, 5.74) is 10.3. The van der Waals surface area contributed by atoms with Crippen LogP contribution in [-0.4, -0.2) is 29.6 Å². The lowest BCUT2D eigenvalue weighted by molar-refractivity contribution is 0.607. The zero-order chi connectivity index (χ0) is 19.7. The summed E-state index contributed by atoms with van der Waals surface area (Å²) in [5.74, 6) is 0.167. The van der Waals surface area contributed by atoms with E-state index in [4.69, 9.17) is 10.7 Å². The van der Waals surface area contributed by atoms with Gasteiger partial charge in [-0.25, -0.2) is 23.4 Å². The first-order valence-corrected chi connectivity index (χ1v) is 10.4. The molecule has 7 nitrogen and oxygen atoms in total. The molecule has 0 saturated heterocycles. The molecule has 2 aromatic heterocycles. The molecular weight excluding hydrogens is 374 g/mol. The Morgan fingerprint density at radius 3 is 2.32 bits per heavy atom. The molecule has 0 aliphatic rings. The number of aromatic nitrogens is 3. The summed E-state index contributed by atoms with van der Waals surface area (Å²) in [6.45, 7) is 0. The molecule has 8 heteroatoms. The molecule has 3 N–H and O–H groups in total. The van der Waals surface area contributed by atoms with E-state index in [9.17, 15) is 8.42 Å². The molecule has 0 radical (unpaired) electrons. The summed E-state index contributed by atoms with van der Waals surface area (Å²) in [6.07, 6.45) is 1.11. The van der Waals surface area contributed by atoms with Crippen LogP contribution < -0.4 is 10.5 Å². The van der Waals surface area contributed by atoms with Crippen LogP contribution in [0.5, 0.6) is 0 Å².